The van der Waals surface area contributed by atoms with E-state index < -0.39 is 0 Å². The molecule has 0 aliphatic rings. The summed E-state index contributed by atoms with van der Waals surface area (Å²) in [7, 11) is 0. The lowest BCUT2D eigenvalue weighted by Crippen LogP contribution is -1.88. The van der Waals surface area contributed by atoms with Gasteiger partial charge in [-0.15, -0.1) is 10.2 Å². The average Bonchev–Trinajstić information content (AvgIpc) is 2.78. The van der Waals surface area contributed by atoms with Gasteiger partial charge in [0.25, 0.3) is 5.22 Å². The van der Waals surface area contributed by atoms with Gasteiger partial charge in [0.1, 0.15) is 0 Å². The van der Waals surface area contributed by atoms with Crippen molar-refractivity contribution in [3.63, 3.8) is 0 Å². The first-order valence-electron chi connectivity index (χ1n) is 4.85. The number of hydrogen-bond donors (Lipinski definition) is 0. The normalized spacial score (nSPS) is 12.1. The molecule has 1 heterocycles. The molecule has 0 radical (unpaired) electrons. The van der Waals surface area contributed by atoms with Crippen molar-refractivity contribution >= 4 is 27.7 Å². The molecule has 6 heteroatoms. The standard InChI is InChI=1S/C11H8BrN3OS/c1-7(6-13)17-11-15-14-10(16-11)8-2-4-9(12)5-3-8/h2-5,7H,1H3. The van der Waals surface area contributed by atoms with E-state index in [9.17, 15) is 0 Å². The van der Waals surface area contributed by atoms with Gasteiger partial charge in [0.05, 0.1) is 11.3 Å². The molecule has 0 aliphatic carbocycles. The van der Waals surface area contributed by atoms with Gasteiger partial charge in [-0.2, -0.15) is 5.26 Å². The molecule has 1 unspecified atom stereocenters. The number of rotatable bonds is 3. The Labute approximate surface area is 111 Å². The van der Waals surface area contributed by atoms with E-state index in [2.05, 4.69) is 32.2 Å². The van der Waals surface area contributed by atoms with Crippen molar-refractivity contribution in [1.82, 2.24) is 10.2 Å². The predicted octanol–water partition coefficient (Wildman–Crippen LogP) is 3.50. The maximum absolute atomic E-state index is 8.68. The van der Waals surface area contributed by atoms with E-state index >= 15 is 0 Å². The summed E-state index contributed by atoms with van der Waals surface area (Å²) < 4.78 is 6.45. The summed E-state index contributed by atoms with van der Waals surface area (Å²) >= 11 is 4.61. The lowest BCUT2D eigenvalue weighted by molar-refractivity contribution is 0.465. The molecule has 17 heavy (non-hydrogen) atoms. The molecule has 0 saturated carbocycles. The average molecular weight is 310 g/mol. The second-order valence-electron chi connectivity index (χ2n) is 3.27. The molecule has 0 fully saturated rings. The number of nitrogens with zero attached hydrogens (tertiary/aromatic N) is 3. The highest BCUT2D eigenvalue weighted by atomic mass is 79.9. The van der Waals surface area contributed by atoms with Crippen LogP contribution in [0.1, 0.15) is 6.92 Å². The van der Waals surface area contributed by atoms with Crippen LogP contribution in [0.3, 0.4) is 0 Å². The summed E-state index contributed by atoms with van der Waals surface area (Å²) in [6.07, 6.45) is 0. The quantitative estimate of drug-likeness (QED) is 0.812. The first-order valence-corrected chi connectivity index (χ1v) is 6.52. The van der Waals surface area contributed by atoms with E-state index in [0.717, 1.165) is 10.0 Å². The van der Waals surface area contributed by atoms with Crippen LogP contribution in [0.2, 0.25) is 0 Å². The highest BCUT2D eigenvalue weighted by molar-refractivity contribution is 9.10. The molecular weight excluding hydrogens is 302 g/mol. The molecule has 1 aromatic heterocycles. The Kier molecular flexibility index (Phi) is 3.82. The van der Waals surface area contributed by atoms with Crippen molar-refractivity contribution in [1.29, 1.82) is 5.26 Å². The Morgan fingerprint density at radius 1 is 1.35 bits per heavy atom. The summed E-state index contributed by atoms with van der Waals surface area (Å²) in [5.41, 5.74) is 0.858. The summed E-state index contributed by atoms with van der Waals surface area (Å²) in [4.78, 5) is 0. The van der Waals surface area contributed by atoms with Crippen LogP contribution in [0.25, 0.3) is 11.5 Å². The zero-order valence-electron chi connectivity index (χ0n) is 8.92. The lowest BCUT2D eigenvalue weighted by atomic mass is 10.2. The number of nitriles is 1. The lowest BCUT2D eigenvalue weighted by Gasteiger charge is -1.95. The van der Waals surface area contributed by atoms with Gasteiger partial charge >= 0.3 is 0 Å². The zero-order chi connectivity index (χ0) is 12.3. The van der Waals surface area contributed by atoms with E-state index in [0.29, 0.717) is 11.1 Å². The molecule has 0 N–H and O–H groups in total. The molecular formula is C11H8BrN3OS. The molecule has 0 aliphatic heterocycles. The minimum atomic E-state index is -0.201. The van der Waals surface area contributed by atoms with Crippen molar-refractivity contribution in [3.05, 3.63) is 28.7 Å². The molecule has 0 bridgehead atoms. The Hall–Kier alpha value is -1.32. The Morgan fingerprint density at radius 3 is 2.71 bits per heavy atom. The topological polar surface area (TPSA) is 62.7 Å². The molecule has 2 aromatic rings. The molecule has 4 nitrogen and oxygen atoms in total. The first-order chi connectivity index (χ1) is 8.19. The zero-order valence-corrected chi connectivity index (χ0v) is 11.3. The number of thioether (sulfide) groups is 1. The SMILES string of the molecule is CC(C#N)Sc1nnc(-c2ccc(Br)cc2)o1. The third-order valence-electron chi connectivity index (χ3n) is 1.96. The molecule has 0 amide bonds. The monoisotopic (exact) mass is 309 g/mol. The van der Waals surface area contributed by atoms with Crippen LogP contribution in [-0.4, -0.2) is 15.4 Å². The second-order valence-corrected chi connectivity index (χ2v) is 5.48. The van der Waals surface area contributed by atoms with E-state index in [1.165, 1.54) is 11.8 Å². The van der Waals surface area contributed by atoms with Gasteiger partial charge in [-0.1, -0.05) is 15.9 Å². The number of aromatic nitrogens is 2. The van der Waals surface area contributed by atoms with Crippen molar-refractivity contribution in [2.45, 2.75) is 17.4 Å². The van der Waals surface area contributed by atoms with Crippen molar-refractivity contribution in [2.75, 3.05) is 0 Å². The van der Waals surface area contributed by atoms with E-state index in [4.69, 9.17) is 9.68 Å². The third-order valence-corrected chi connectivity index (χ3v) is 3.31. The fourth-order valence-corrected chi connectivity index (χ4v) is 1.98. The second kappa shape index (κ2) is 5.34. The van der Waals surface area contributed by atoms with Crippen molar-refractivity contribution < 1.29 is 4.42 Å². The minimum absolute atomic E-state index is 0.201. The summed E-state index contributed by atoms with van der Waals surface area (Å²) in [5.74, 6) is 0.463. The molecule has 0 saturated heterocycles. The highest BCUT2D eigenvalue weighted by Crippen LogP contribution is 2.26. The van der Waals surface area contributed by atoms with E-state index in [-0.39, 0.29) is 5.25 Å². The first kappa shape index (κ1) is 12.1. The highest BCUT2D eigenvalue weighted by Gasteiger charge is 2.11. The predicted molar refractivity (Wildman–Crippen MR) is 68.4 cm³/mol. The molecule has 1 atom stereocenters. The number of halogens is 1. The third kappa shape index (κ3) is 3.08. The summed E-state index contributed by atoms with van der Waals surface area (Å²) in [6.45, 7) is 1.79. The van der Waals surface area contributed by atoms with Crippen LogP contribution < -0.4 is 0 Å². The summed E-state index contributed by atoms with van der Waals surface area (Å²) in [6, 6.07) is 9.69. The Balaban J connectivity index is 2.18. The van der Waals surface area contributed by atoms with Gasteiger partial charge < -0.3 is 4.42 Å². The van der Waals surface area contributed by atoms with Crippen LogP contribution in [0.5, 0.6) is 0 Å². The number of hydrogen-bond acceptors (Lipinski definition) is 5. The Morgan fingerprint density at radius 2 is 2.06 bits per heavy atom. The molecule has 1 aromatic carbocycles. The Bertz CT molecular complexity index is 547. The van der Waals surface area contributed by atoms with Crippen molar-refractivity contribution in [2.24, 2.45) is 0 Å². The molecule has 0 spiro atoms. The van der Waals surface area contributed by atoms with Gasteiger partial charge in [0.15, 0.2) is 0 Å². The van der Waals surface area contributed by atoms with Crippen LogP contribution in [0.4, 0.5) is 0 Å². The number of benzene rings is 1. The van der Waals surface area contributed by atoms with Gasteiger partial charge in [-0.05, 0) is 43.0 Å². The fourth-order valence-electron chi connectivity index (χ4n) is 1.14. The summed E-state index contributed by atoms with van der Waals surface area (Å²) in [5, 5.41) is 16.7. The molecule has 86 valence electrons. The van der Waals surface area contributed by atoms with Crippen LogP contribution in [0, 0.1) is 11.3 Å². The van der Waals surface area contributed by atoms with E-state index in [1.54, 1.807) is 6.92 Å². The van der Waals surface area contributed by atoms with Crippen LogP contribution >= 0.6 is 27.7 Å². The fraction of sp³-hybridized carbons (Fsp3) is 0.182. The van der Waals surface area contributed by atoms with Crippen LogP contribution in [0.15, 0.2) is 38.4 Å². The largest absolute Gasteiger partial charge is 0.411 e. The van der Waals surface area contributed by atoms with Gasteiger partial charge in [-0.3, -0.25) is 0 Å². The maximum atomic E-state index is 8.68. The smallest absolute Gasteiger partial charge is 0.278 e. The maximum Gasteiger partial charge on any atom is 0.278 e. The van der Waals surface area contributed by atoms with Gasteiger partial charge in [0, 0.05) is 10.0 Å². The molecule has 2 rings (SSSR count). The van der Waals surface area contributed by atoms with Crippen LogP contribution in [-0.2, 0) is 0 Å². The van der Waals surface area contributed by atoms with Gasteiger partial charge in [-0.25, -0.2) is 0 Å². The minimum Gasteiger partial charge on any atom is -0.411 e. The van der Waals surface area contributed by atoms with E-state index in [1.807, 2.05) is 24.3 Å². The van der Waals surface area contributed by atoms with Gasteiger partial charge in [0.2, 0.25) is 5.89 Å². The van der Waals surface area contributed by atoms with Crippen molar-refractivity contribution in [3.8, 4) is 17.5 Å².